The lowest BCUT2D eigenvalue weighted by Gasteiger charge is -2.27. The zero-order valence-electron chi connectivity index (χ0n) is 19.4. The standard InChI is InChI=1S/C24H30N4O5S/c1-17-5-6-20(16-22(17)34(31,32)27-12-14-33-15-13-27)26-24(30)18(2)25-19-7-9-21(10-8-19)28-11-3-4-23(28)29/h5-10,16,18,25H,3-4,11-15H2,1-2H3,(H,26,30)/t18-/m1/s1. The molecule has 34 heavy (non-hydrogen) atoms. The second-order valence-corrected chi connectivity index (χ2v) is 10.5. The van der Waals surface area contributed by atoms with Crippen LogP contribution in [0.2, 0.25) is 0 Å². The number of benzene rings is 2. The van der Waals surface area contributed by atoms with Gasteiger partial charge in [0.25, 0.3) is 0 Å². The molecule has 2 fully saturated rings. The summed E-state index contributed by atoms with van der Waals surface area (Å²) >= 11 is 0. The van der Waals surface area contributed by atoms with Gasteiger partial charge in [0.15, 0.2) is 0 Å². The minimum absolute atomic E-state index is 0.126. The van der Waals surface area contributed by atoms with Crippen LogP contribution >= 0.6 is 0 Å². The number of anilines is 3. The third-order valence-electron chi connectivity index (χ3n) is 6.07. The monoisotopic (exact) mass is 486 g/mol. The van der Waals surface area contributed by atoms with Crippen molar-refractivity contribution in [3.63, 3.8) is 0 Å². The Morgan fingerprint density at radius 1 is 1.03 bits per heavy atom. The smallest absolute Gasteiger partial charge is 0.246 e. The first-order valence-corrected chi connectivity index (χ1v) is 12.9. The van der Waals surface area contributed by atoms with Crippen LogP contribution < -0.4 is 15.5 Å². The highest BCUT2D eigenvalue weighted by atomic mass is 32.2. The highest BCUT2D eigenvalue weighted by Crippen LogP contribution is 2.25. The normalized spacial score (nSPS) is 18.1. The molecule has 2 aromatic carbocycles. The topological polar surface area (TPSA) is 108 Å². The van der Waals surface area contributed by atoms with Crippen molar-refractivity contribution in [1.82, 2.24) is 4.31 Å². The molecule has 2 aliphatic heterocycles. The molecule has 2 heterocycles. The Morgan fingerprint density at radius 2 is 1.71 bits per heavy atom. The number of rotatable bonds is 7. The van der Waals surface area contributed by atoms with E-state index in [2.05, 4.69) is 10.6 Å². The molecular formula is C24H30N4O5S. The summed E-state index contributed by atoms with van der Waals surface area (Å²) in [5.74, 6) is -0.168. The molecule has 2 N–H and O–H groups in total. The van der Waals surface area contributed by atoms with E-state index in [4.69, 9.17) is 4.74 Å². The highest BCUT2D eigenvalue weighted by Gasteiger charge is 2.28. The maximum atomic E-state index is 13.1. The highest BCUT2D eigenvalue weighted by molar-refractivity contribution is 7.89. The molecule has 2 saturated heterocycles. The third-order valence-corrected chi connectivity index (χ3v) is 8.11. The number of carbonyl (C=O) groups excluding carboxylic acids is 2. The number of hydrogen-bond donors (Lipinski definition) is 2. The predicted octanol–water partition coefficient (Wildman–Crippen LogP) is 2.58. The van der Waals surface area contributed by atoms with Crippen molar-refractivity contribution in [2.75, 3.05) is 48.4 Å². The lowest BCUT2D eigenvalue weighted by atomic mass is 10.2. The fourth-order valence-electron chi connectivity index (χ4n) is 4.11. The summed E-state index contributed by atoms with van der Waals surface area (Å²) in [4.78, 5) is 26.6. The Labute approximate surface area is 200 Å². The van der Waals surface area contributed by atoms with E-state index in [0.29, 0.717) is 44.0 Å². The maximum Gasteiger partial charge on any atom is 0.246 e. The van der Waals surface area contributed by atoms with Gasteiger partial charge in [0.2, 0.25) is 21.8 Å². The number of ether oxygens (including phenoxy) is 1. The van der Waals surface area contributed by atoms with E-state index in [-0.39, 0.29) is 16.7 Å². The predicted molar refractivity (Wildman–Crippen MR) is 131 cm³/mol. The molecule has 0 aliphatic carbocycles. The lowest BCUT2D eigenvalue weighted by molar-refractivity contribution is -0.117. The quantitative estimate of drug-likeness (QED) is 0.623. The Balaban J connectivity index is 1.41. The van der Waals surface area contributed by atoms with E-state index >= 15 is 0 Å². The van der Waals surface area contributed by atoms with Crippen LogP contribution in [-0.4, -0.2) is 63.4 Å². The molecule has 0 spiro atoms. The number of nitrogens with zero attached hydrogens (tertiary/aromatic N) is 2. The van der Waals surface area contributed by atoms with Crippen LogP contribution in [0.1, 0.15) is 25.3 Å². The number of hydrogen-bond acceptors (Lipinski definition) is 6. The summed E-state index contributed by atoms with van der Waals surface area (Å²) in [6.45, 7) is 5.55. The average Bonchev–Trinajstić information content (AvgIpc) is 3.27. The van der Waals surface area contributed by atoms with Crippen LogP contribution in [0.5, 0.6) is 0 Å². The third kappa shape index (κ3) is 5.24. The number of nitrogens with one attached hydrogen (secondary N) is 2. The maximum absolute atomic E-state index is 13.1. The van der Waals surface area contributed by atoms with Crippen LogP contribution in [0.15, 0.2) is 47.4 Å². The van der Waals surface area contributed by atoms with E-state index < -0.39 is 16.1 Å². The fourth-order valence-corrected chi connectivity index (χ4v) is 5.77. The molecule has 0 aromatic heterocycles. The van der Waals surface area contributed by atoms with Gasteiger partial charge in [-0.15, -0.1) is 0 Å². The lowest BCUT2D eigenvalue weighted by Crippen LogP contribution is -2.40. The number of amides is 2. The van der Waals surface area contributed by atoms with Crippen molar-refractivity contribution in [2.24, 2.45) is 0 Å². The van der Waals surface area contributed by atoms with Crippen LogP contribution in [-0.2, 0) is 24.3 Å². The van der Waals surface area contributed by atoms with E-state index in [0.717, 1.165) is 24.3 Å². The zero-order valence-corrected chi connectivity index (χ0v) is 20.2. The van der Waals surface area contributed by atoms with E-state index in [9.17, 15) is 18.0 Å². The first-order valence-electron chi connectivity index (χ1n) is 11.4. The van der Waals surface area contributed by atoms with Crippen LogP contribution in [0.3, 0.4) is 0 Å². The summed E-state index contributed by atoms with van der Waals surface area (Å²) in [5.41, 5.74) is 2.63. The van der Waals surface area contributed by atoms with Gasteiger partial charge < -0.3 is 20.3 Å². The SMILES string of the molecule is Cc1ccc(NC(=O)[C@@H](C)Nc2ccc(N3CCCC3=O)cc2)cc1S(=O)(=O)N1CCOCC1. The molecule has 2 aromatic rings. The second-order valence-electron chi connectivity index (χ2n) is 8.55. The molecule has 0 radical (unpaired) electrons. The molecule has 4 rings (SSSR count). The zero-order chi connectivity index (χ0) is 24.3. The molecule has 10 heteroatoms. The molecule has 2 aliphatic rings. The molecule has 0 saturated carbocycles. The van der Waals surface area contributed by atoms with Gasteiger partial charge in [0.05, 0.1) is 18.1 Å². The van der Waals surface area contributed by atoms with Gasteiger partial charge >= 0.3 is 0 Å². The van der Waals surface area contributed by atoms with E-state index in [1.54, 1.807) is 30.9 Å². The van der Waals surface area contributed by atoms with Gasteiger partial charge in [-0.2, -0.15) is 4.31 Å². The number of aryl methyl sites for hydroxylation is 1. The molecular weight excluding hydrogens is 456 g/mol. The first kappa shape index (κ1) is 24.2. The Morgan fingerprint density at radius 3 is 2.35 bits per heavy atom. The second kappa shape index (κ2) is 10.1. The Bertz CT molecular complexity index is 1160. The van der Waals surface area contributed by atoms with Gasteiger partial charge in [-0.3, -0.25) is 9.59 Å². The Hall–Kier alpha value is -2.95. The van der Waals surface area contributed by atoms with Gasteiger partial charge in [0.1, 0.15) is 6.04 Å². The van der Waals surface area contributed by atoms with Crippen LogP contribution in [0.25, 0.3) is 0 Å². The summed E-state index contributed by atoms with van der Waals surface area (Å²) in [5, 5.41) is 5.95. The molecule has 2 amide bonds. The summed E-state index contributed by atoms with van der Waals surface area (Å²) < 4.78 is 32.8. The average molecular weight is 487 g/mol. The van der Waals surface area contributed by atoms with Crippen LogP contribution in [0.4, 0.5) is 17.1 Å². The fraction of sp³-hybridized carbons (Fsp3) is 0.417. The van der Waals surface area contributed by atoms with Gasteiger partial charge in [-0.1, -0.05) is 6.07 Å². The van der Waals surface area contributed by atoms with Crippen molar-refractivity contribution in [2.45, 2.75) is 37.6 Å². The number of sulfonamides is 1. The van der Waals surface area contributed by atoms with Crippen molar-refractivity contribution in [3.8, 4) is 0 Å². The molecule has 182 valence electrons. The van der Waals surface area contributed by atoms with Crippen LogP contribution in [0, 0.1) is 6.92 Å². The van der Waals surface area contributed by atoms with E-state index in [1.807, 2.05) is 24.3 Å². The number of morpholine rings is 1. The molecule has 1 atom stereocenters. The van der Waals surface area contributed by atoms with Gasteiger partial charge in [-0.05, 0) is 62.2 Å². The van der Waals surface area contributed by atoms with Gasteiger partial charge in [-0.25, -0.2) is 8.42 Å². The molecule has 0 bridgehead atoms. The van der Waals surface area contributed by atoms with Crippen molar-refractivity contribution < 1.29 is 22.7 Å². The van der Waals surface area contributed by atoms with E-state index in [1.165, 1.54) is 10.4 Å². The minimum Gasteiger partial charge on any atom is -0.379 e. The summed E-state index contributed by atoms with van der Waals surface area (Å²) in [6.07, 6.45) is 1.44. The van der Waals surface area contributed by atoms with Gasteiger partial charge in [0, 0.05) is 43.1 Å². The Kier molecular flexibility index (Phi) is 7.20. The minimum atomic E-state index is -3.68. The van der Waals surface area contributed by atoms with Crippen molar-refractivity contribution in [1.29, 1.82) is 0 Å². The largest absolute Gasteiger partial charge is 0.379 e. The molecule has 0 unspecified atom stereocenters. The summed E-state index contributed by atoms with van der Waals surface area (Å²) in [7, 11) is -3.68. The van der Waals surface area contributed by atoms with Crippen molar-refractivity contribution >= 4 is 38.9 Å². The summed E-state index contributed by atoms with van der Waals surface area (Å²) in [6, 6.07) is 11.7. The number of carbonyl (C=O) groups is 2. The first-order chi connectivity index (χ1) is 16.3. The molecule has 9 nitrogen and oxygen atoms in total. The van der Waals surface area contributed by atoms with Crippen molar-refractivity contribution in [3.05, 3.63) is 48.0 Å².